The van der Waals surface area contributed by atoms with Crippen molar-refractivity contribution in [2.24, 2.45) is 0 Å². The van der Waals surface area contributed by atoms with Crippen molar-refractivity contribution in [3.8, 4) is 0 Å². The third kappa shape index (κ3) is 3.71. The maximum atomic E-state index is 5.90. The second kappa shape index (κ2) is 6.41. The lowest BCUT2D eigenvalue weighted by Crippen LogP contribution is -2.35. The third-order valence-corrected chi connectivity index (χ3v) is 3.94. The van der Waals surface area contributed by atoms with Crippen molar-refractivity contribution < 1.29 is 9.47 Å². The van der Waals surface area contributed by atoms with E-state index in [0.29, 0.717) is 19.8 Å². The van der Waals surface area contributed by atoms with Crippen molar-refractivity contribution in [2.75, 3.05) is 13.2 Å². The van der Waals surface area contributed by atoms with Crippen molar-refractivity contribution in [2.45, 2.75) is 38.5 Å². The third-order valence-electron chi connectivity index (χ3n) is 3.94. The Labute approximate surface area is 125 Å². The molecule has 3 rings (SSSR count). The minimum absolute atomic E-state index is 0.481. The summed E-state index contributed by atoms with van der Waals surface area (Å²) in [5.41, 5.74) is 2.68. The number of imidazole rings is 1. The van der Waals surface area contributed by atoms with Crippen LogP contribution in [0, 0.1) is 6.92 Å². The molecule has 2 heterocycles. The summed E-state index contributed by atoms with van der Waals surface area (Å²) in [6, 6.07) is 8.74. The number of hydrogen-bond acceptors (Lipinski definition) is 3. The number of ether oxygens (including phenoxy) is 2. The number of rotatable bonds is 6. The fourth-order valence-corrected chi connectivity index (χ4v) is 2.79. The van der Waals surface area contributed by atoms with Gasteiger partial charge < -0.3 is 14.0 Å². The lowest BCUT2D eigenvalue weighted by Gasteiger charge is -2.27. The van der Waals surface area contributed by atoms with Crippen molar-refractivity contribution in [1.82, 2.24) is 9.55 Å². The first-order valence-electron chi connectivity index (χ1n) is 7.55. The van der Waals surface area contributed by atoms with E-state index in [4.69, 9.17) is 9.47 Å². The Hall–Kier alpha value is -1.65. The number of benzene rings is 1. The van der Waals surface area contributed by atoms with Crippen LogP contribution in [0.3, 0.4) is 0 Å². The van der Waals surface area contributed by atoms with Gasteiger partial charge in [0.15, 0.2) is 5.79 Å². The van der Waals surface area contributed by atoms with E-state index < -0.39 is 5.79 Å². The van der Waals surface area contributed by atoms with Crippen LogP contribution in [0.5, 0.6) is 0 Å². The molecule has 0 saturated carbocycles. The van der Waals surface area contributed by atoms with Gasteiger partial charge in [0.05, 0.1) is 26.1 Å². The number of aryl methyl sites for hydroxylation is 2. The summed E-state index contributed by atoms with van der Waals surface area (Å²) in [7, 11) is 0. The van der Waals surface area contributed by atoms with Gasteiger partial charge in [-0.1, -0.05) is 29.8 Å². The van der Waals surface area contributed by atoms with E-state index in [0.717, 1.165) is 19.3 Å². The van der Waals surface area contributed by atoms with Crippen LogP contribution in [-0.2, 0) is 22.4 Å². The molecule has 112 valence electrons. The molecular formula is C17H22N2O2. The molecule has 1 aromatic carbocycles. The maximum Gasteiger partial charge on any atom is 0.186 e. The summed E-state index contributed by atoms with van der Waals surface area (Å²) in [6.45, 7) is 4.18. The van der Waals surface area contributed by atoms with Crippen LogP contribution in [-0.4, -0.2) is 28.6 Å². The second-order valence-electron chi connectivity index (χ2n) is 5.68. The first kappa shape index (κ1) is 14.3. The van der Waals surface area contributed by atoms with E-state index in [1.807, 2.05) is 17.1 Å². The van der Waals surface area contributed by atoms with E-state index >= 15 is 0 Å². The van der Waals surface area contributed by atoms with Gasteiger partial charge in [0.2, 0.25) is 0 Å². The Kier molecular flexibility index (Phi) is 4.36. The SMILES string of the molecule is Cc1ccc(CCCC2(Cn3ccnc3)OCCO2)cc1. The highest BCUT2D eigenvalue weighted by atomic mass is 16.7. The zero-order valence-corrected chi connectivity index (χ0v) is 12.5. The molecule has 4 heteroatoms. The van der Waals surface area contributed by atoms with Crippen LogP contribution in [0.2, 0.25) is 0 Å². The molecule has 0 bridgehead atoms. The number of aromatic nitrogens is 2. The molecule has 1 fully saturated rings. The minimum atomic E-state index is -0.481. The molecule has 1 saturated heterocycles. The van der Waals surface area contributed by atoms with Gasteiger partial charge >= 0.3 is 0 Å². The molecule has 0 atom stereocenters. The molecular weight excluding hydrogens is 264 g/mol. The van der Waals surface area contributed by atoms with E-state index in [1.54, 1.807) is 6.20 Å². The molecule has 0 N–H and O–H groups in total. The Morgan fingerprint density at radius 1 is 1.19 bits per heavy atom. The van der Waals surface area contributed by atoms with Crippen LogP contribution in [0.1, 0.15) is 24.0 Å². The molecule has 1 aliphatic rings. The lowest BCUT2D eigenvalue weighted by atomic mass is 10.0. The Bertz CT molecular complexity index is 543. The molecule has 4 nitrogen and oxygen atoms in total. The van der Waals surface area contributed by atoms with Crippen LogP contribution >= 0.6 is 0 Å². The Morgan fingerprint density at radius 3 is 2.62 bits per heavy atom. The van der Waals surface area contributed by atoms with E-state index in [-0.39, 0.29) is 0 Å². The van der Waals surface area contributed by atoms with Gasteiger partial charge in [-0.3, -0.25) is 0 Å². The van der Waals surface area contributed by atoms with Gasteiger partial charge in [0.1, 0.15) is 0 Å². The number of hydrogen-bond donors (Lipinski definition) is 0. The Balaban J connectivity index is 1.56. The summed E-state index contributed by atoms with van der Waals surface area (Å²) in [5.74, 6) is -0.481. The average Bonchev–Trinajstić information content (AvgIpc) is 3.14. The second-order valence-corrected chi connectivity index (χ2v) is 5.68. The zero-order valence-electron chi connectivity index (χ0n) is 12.5. The normalized spacial score (nSPS) is 17.2. The quantitative estimate of drug-likeness (QED) is 0.819. The van der Waals surface area contributed by atoms with E-state index in [9.17, 15) is 0 Å². The molecule has 0 unspecified atom stereocenters. The van der Waals surface area contributed by atoms with Crippen molar-refractivity contribution in [1.29, 1.82) is 0 Å². The van der Waals surface area contributed by atoms with Gasteiger partial charge in [-0.15, -0.1) is 0 Å². The van der Waals surface area contributed by atoms with Gasteiger partial charge in [0.25, 0.3) is 0 Å². The number of nitrogens with zero attached hydrogens (tertiary/aromatic N) is 2. The van der Waals surface area contributed by atoms with Crippen molar-refractivity contribution in [3.63, 3.8) is 0 Å². The highest BCUT2D eigenvalue weighted by Gasteiger charge is 2.36. The molecule has 1 aliphatic heterocycles. The predicted octanol–water partition coefficient (Wildman–Crippen LogP) is 2.96. The van der Waals surface area contributed by atoms with E-state index in [2.05, 4.69) is 36.2 Å². The van der Waals surface area contributed by atoms with Crippen LogP contribution in [0.25, 0.3) is 0 Å². The highest BCUT2D eigenvalue weighted by Crippen LogP contribution is 2.28. The maximum absolute atomic E-state index is 5.90. The highest BCUT2D eigenvalue weighted by molar-refractivity contribution is 5.21. The molecule has 1 aromatic heterocycles. The summed E-state index contributed by atoms with van der Waals surface area (Å²) in [4.78, 5) is 4.08. The topological polar surface area (TPSA) is 36.3 Å². The molecule has 2 aromatic rings. The summed E-state index contributed by atoms with van der Waals surface area (Å²) < 4.78 is 13.8. The first-order valence-corrected chi connectivity index (χ1v) is 7.55. The molecule has 21 heavy (non-hydrogen) atoms. The summed E-state index contributed by atoms with van der Waals surface area (Å²) >= 11 is 0. The molecule has 0 aliphatic carbocycles. The largest absolute Gasteiger partial charge is 0.346 e. The standard InChI is InChI=1S/C17H22N2O2/c1-15-4-6-16(7-5-15)3-2-8-17(20-11-12-21-17)13-19-10-9-18-14-19/h4-7,9-10,14H,2-3,8,11-13H2,1H3. The van der Waals surface area contributed by atoms with Crippen LogP contribution in [0.15, 0.2) is 43.0 Å². The Morgan fingerprint density at radius 2 is 1.95 bits per heavy atom. The van der Waals surface area contributed by atoms with Gasteiger partial charge in [-0.2, -0.15) is 0 Å². The lowest BCUT2D eigenvalue weighted by molar-refractivity contribution is -0.172. The molecule has 0 radical (unpaired) electrons. The average molecular weight is 286 g/mol. The fraction of sp³-hybridized carbons (Fsp3) is 0.471. The van der Waals surface area contributed by atoms with Crippen LogP contribution in [0.4, 0.5) is 0 Å². The molecule has 0 spiro atoms. The van der Waals surface area contributed by atoms with Crippen LogP contribution < -0.4 is 0 Å². The minimum Gasteiger partial charge on any atom is -0.346 e. The van der Waals surface area contributed by atoms with Crippen molar-refractivity contribution in [3.05, 3.63) is 54.1 Å². The smallest absolute Gasteiger partial charge is 0.186 e. The summed E-state index contributed by atoms with van der Waals surface area (Å²) in [6.07, 6.45) is 8.56. The monoisotopic (exact) mass is 286 g/mol. The van der Waals surface area contributed by atoms with Gasteiger partial charge in [0, 0.05) is 18.8 Å². The fourth-order valence-electron chi connectivity index (χ4n) is 2.79. The first-order chi connectivity index (χ1) is 10.3. The van der Waals surface area contributed by atoms with Crippen molar-refractivity contribution >= 4 is 0 Å². The van der Waals surface area contributed by atoms with E-state index in [1.165, 1.54) is 11.1 Å². The van der Waals surface area contributed by atoms with Gasteiger partial charge in [-0.05, 0) is 25.3 Å². The summed E-state index contributed by atoms with van der Waals surface area (Å²) in [5, 5.41) is 0. The van der Waals surface area contributed by atoms with Gasteiger partial charge in [-0.25, -0.2) is 4.98 Å². The predicted molar refractivity (Wildman–Crippen MR) is 81.0 cm³/mol. The zero-order chi connectivity index (χ0) is 14.5. The molecule has 0 amide bonds.